The second-order valence-corrected chi connectivity index (χ2v) is 5.94. The summed E-state index contributed by atoms with van der Waals surface area (Å²) in [7, 11) is 0. The van der Waals surface area contributed by atoms with Crippen LogP contribution in [0.1, 0.15) is 35.3 Å². The first-order valence-corrected chi connectivity index (χ1v) is 7.21. The van der Waals surface area contributed by atoms with Crippen molar-refractivity contribution >= 4 is 22.6 Å². The van der Waals surface area contributed by atoms with Gasteiger partial charge in [0.1, 0.15) is 0 Å². The van der Waals surface area contributed by atoms with E-state index in [2.05, 4.69) is 33.6 Å². The van der Waals surface area contributed by atoms with E-state index >= 15 is 0 Å². The molecule has 1 aromatic carbocycles. The van der Waals surface area contributed by atoms with Crippen molar-refractivity contribution in [2.24, 2.45) is 0 Å². The number of pyridine rings is 1. The number of fused-ring (bicyclic) bond motifs is 1. The Kier molecular flexibility index (Phi) is 3.35. The summed E-state index contributed by atoms with van der Waals surface area (Å²) in [6, 6.07) is 12.2. The fourth-order valence-electron chi connectivity index (χ4n) is 2.67. The molecule has 0 spiro atoms. The molecule has 2 atom stereocenters. The molecule has 0 saturated carbocycles. The lowest BCUT2D eigenvalue weighted by Gasteiger charge is -2.19. The minimum atomic E-state index is -0.448. The molecule has 0 aliphatic heterocycles. The second kappa shape index (κ2) is 4.97. The highest BCUT2D eigenvalue weighted by atomic mass is 127. The number of halogens is 1. The summed E-state index contributed by atoms with van der Waals surface area (Å²) in [5.41, 5.74) is 3.35. The number of benzene rings is 1. The van der Waals surface area contributed by atoms with Gasteiger partial charge < -0.3 is 5.11 Å². The Morgan fingerprint density at radius 2 is 2.17 bits per heavy atom. The molecule has 0 bridgehead atoms. The zero-order valence-corrected chi connectivity index (χ0v) is 12.0. The van der Waals surface area contributed by atoms with Crippen molar-refractivity contribution in [2.45, 2.75) is 24.9 Å². The van der Waals surface area contributed by atoms with Gasteiger partial charge in [0.05, 0.1) is 6.10 Å². The van der Waals surface area contributed by atoms with Crippen LogP contribution < -0.4 is 0 Å². The Hall–Kier alpha value is -0.940. The maximum absolute atomic E-state index is 10.5. The molecule has 2 nitrogen and oxygen atoms in total. The predicted octanol–water partition coefficient (Wildman–Crippen LogP) is 3.45. The molecule has 0 fully saturated rings. The van der Waals surface area contributed by atoms with Gasteiger partial charge in [-0.25, -0.2) is 0 Å². The number of rotatable bonds is 2. The van der Waals surface area contributed by atoms with Gasteiger partial charge in [0.25, 0.3) is 0 Å². The molecular weight excluding hydrogens is 337 g/mol. The van der Waals surface area contributed by atoms with Crippen molar-refractivity contribution in [1.82, 2.24) is 4.98 Å². The Bertz CT molecular complexity index is 570. The molecule has 92 valence electrons. The van der Waals surface area contributed by atoms with E-state index in [-0.39, 0.29) is 5.92 Å². The number of nitrogens with zero attached hydrogens (tertiary/aromatic N) is 1. The summed E-state index contributed by atoms with van der Waals surface area (Å²) in [4.78, 5) is 4.45. The first kappa shape index (κ1) is 12.1. The van der Waals surface area contributed by atoms with Crippen LogP contribution in [0.4, 0.5) is 0 Å². The fraction of sp³-hybridized carbons (Fsp3) is 0.267. The van der Waals surface area contributed by atoms with Crippen LogP contribution in [-0.4, -0.2) is 10.1 Å². The molecule has 0 radical (unpaired) electrons. The molecule has 1 aliphatic rings. The van der Waals surface area contributed by atoms with E-state index in [1.54, 1.807) is 0 Å². The fourth-order valence-corrected chi connectivity index (χ4v) is 3.24. The summed E-state index contributed by atoms with van der Waals surface area (Å²) in [5.74, 6) is 0.138. The van der Waals surface area contributed by atoms with Gasteiger partial charge in [-0.1, -0.05) is 18.2 Å². The second-order valence-electron chi connectivity index (χ2n) is 4.69. The van der Waals surface area contributed by atoms with Crippen LogP contribution in [0.3, 0.4) is 0 Å². The van der Waals surface area contributed by atoms with Crippen molar-refractivity contribution < 1.29 is 5.11 Å². The van der Waals surface area contributed by atoms with Gasteiger partial charge in [-0.15, -0.1) is 0 Å². The molecule has 18 heavy (non-hydrogen) atoms. The third-order valence-electron chi connectivity index (χ3n) is 3.57. The highest BCUT2D eigenvalue weighted by Crippen LogP contribution is 2.40. The molecule has 2 unspecified atom stereocenters. The zero-order valence-electron chi connectivity index (χ0n) is 9.88. The first-order chi connectivity index (χ1) is 8.75. The van der Waals surface area contributed by atoms with E-state index in [0.29, 0.717) is 0 Å². The summed E-state index contributed by atoms with van der Waals surface area (Å²) < 4.78 is 1.16. The largest absolute Gasteiger partial charge is 0.388 e. The van der Waals surface area contributed by atoms with Gasteiger partial charge in [0.2, 0.25) is 0 Å². The van der Waals surface area contributed by atoms with Gasteiger partial charge in [-0.2, -0.15) is 0 Å². The molecule has 1 N–H and O–H groups in total. The van der Waals surface area contributed by atoms with Crippen molar-refractivity contribution in [1.29, 1.82) is 0 Å². The lowest BCUT2D eigenvalue weighted by Crippen LogP contribution is -2.09. The molecule has 2 aromatic rings. The van der Waals surface area contributed by atoms with Crippen molar-refractivity contribution in [3.63, 3.8) is 0 Å². The standard InChI is InChI=1S/C15H14INO/c16-12-5-1-3-11(9-12)15(18)13-7-6-10-4-2-8-17-14(10)13/h1-5,8-9,13,15,18H,6-7H2. The van der Waals surface area contributed by atoms with Gasteiger partial charge in [0, 0.05) is 21.4 Å². The quantitative estimate of drug-likeness (QED) is 0.841. The van der Waals surface area contributed by atoms with Crippen molar-refractivity contribution in [2.75, 3.05) is 0 Å². The van der Waals surface area contributed by atoms with Crippen molar-refractivity contribution in [3.05, 3.63) is 63.0 Å². The number of hydrogen-bond acceptors (Lipinski definition) is 2. The molecule has 3 rings (SSSR count). The van der Waals surface area contributed by atoms with Crippen LogP contribution >= 0.6 is 22.6 Å². The average Bonchev–Trinajstić information content (AvgIpc) is 2.82. The molecule has 1 aromatic heterocycles. The minimum Gasteiger partial charge on any atom is -0.388 e. The van der Waals surface area contributed by atoms with E-state index in [0.717, 1.165) is 27.7 Å². The van der Waals surface area contributed by atoms with Gasteiger partial charge in [-0.05, 0) is 64.8 Å². The van der Waals surface area contributed by atoms with Crippen LogP contribution in [0.2, 0.25) is 0 Å². The highest BCUT2D eigenvalue weighted by Gasteiger charge is 2.30. The van der Waals surface area contributed by atoms with Crippen LogP contribution in [0.15, 0.2) is 42.6 Å². The molecule has 1 aliphatic carbocycles. The van der Waals surface area contributed by atoms with Crippen molar-refractivity contribution in [3.8, 4) is 0 Å². The number of aryl methyl sites for hydroxylation is 1. The van der Waals surface area contributed by atoms with E-state index in [9.17, 15) is 5.11 Å². The van der Waals surface area contributed by atoms with Crippen LogP contribution in [0, 0.1) is 3.57 Å². The number of aliphatic hydroxyl groups is 1. The Balaban J connectivity index is 1.93. The van der Waals surface area contributed by atoms with Gasteiger partial charge in [0.15, 0.2) is 0 Å². The smallest absolute Gasteiger partial charge is 0.0874 e. The summed E-state index contributed by atoms with van der Waals surface area (Å²) in [5, 5.41) is 10.5. The van der Waals surface area contributed by atoms with Crippen LogP contribution in [0.25, 0.3) is 0 Å². The summed E-state index contributed by atoms with van der Waals surface area (Å²) in [6.45, 7) is 0. The maximum atomic E-state index is 10.5. The average molecular weight is 351 g/mol. The van der Waals surface area contributed by atoms with Gasteiger partial charge >= 0.3 is 0 Å². The Labute approximate surface area is 120 Å². The third-order valence-corrected chi connectivity index (χ3v) is 4.24. The van der Waals surface area contributed by atoms with Crippen LogP contribution in [0.5, 0.6) is 0 Å². The SMILES string of the molecule is OC(c1cccc(I)c1)C1CCc2cccnc21. The zero-order chi connectivity index (χ0) is 12.5. The summed E-state index contributed by atoms with van der Waals surface area (Å²) >= 11 is 2.28. The Morgan fingerprint density at radius 3 is 3.00 bits per heavy atom. The molecule has 0 amide bonds. The third kappa shape index (κ3) is 2.17. The predicted molar refractivity (Wildman–Crippen MR) is 79.4 cm³/mol. The lowest BCUT2D eigenvalue weighted by atomic mass is 9.93. The van der Waals surface area contributed by atoms with Crippen LogP contribution in [-0.2, 0) is 6.42 Å². The number of aliphatic hydroxyl groups excluding tert-OH is 1. The first-order valence-electron chi connectivity index (χ1n) is 6.13. The van der Waals surface area contributed by atoms with E-state index in [1.807, 2.05) is 36.5 Å². The monoisotopic (exact) mass is 351 g/mol. The minimum absolute atomic E-state index is 0.138. The van der Waals surface area contributed by atoms with E-state index < -0.39 is 6.10 Å². The van der Waals surface area contributed by atoms with E-state index in [4.69, 9.17) is 0 Å². The Morgan fingerprint density at radius 1 is 1.28 bits per heavy atom. The molecule has 0 saturated heterocycles. The molecular formula is C15H14INO. The van der Waals surface area contributed by atoms with Gasteiger partial charge in [-0.3, -0.25) is 4.98 Å². The number of aromatic nitrogens is 1. The molecule has 1 heterocycles. The maximum Gasteiger partial charge on any atom is 0.0874 e. The highest BCUT2D eigenvalue weighted by molar-refractivity contribution is 14.1. The lowest BCUT2D eigenvalue weighted by molar-refractivity contribution is 0.143. The number of hydrogen-bond donors (Lipinski definition) is 1. The topological polar surface area (TPSA) is 33.1 Å². The summed E-state index contributed by atoms with van der Waals surface area (Å²) in [6.07, 6.45) is 3.38. The van der Waals surface area contributed by atoms with E-state index in [1.165, 1.54) is 5.56 Å². The normalized spacial score (nSPS) is 19.6. The molecule has 3 heteroatoms.